The molecular weight excluding hydrogens is 318 g/mol. The van der Waals surface area contributed by atoms with Crippen molar-refractivity contribution in [3.63, 3.8) is 0 Å². The van der Waals surface area contributed by atoms with E-state index in [1.807, 2.05) is 29.2 Å². The average molecular weight is 345 g/mol. The second kappa shape index (κ2) is 7.97. The molecule has 2 saturated heterocycles. The molecule has 2 amide bonds. The molecule has 0 saturated carbocycles. The third-order valence-corrected chi connectivity index (χ3v) is 5.35. The summed E-state index contributed by atoms with van der Waals surface area (Å²) < 4.78 is 5.35. The molecule has 136 valence electrons. The summed E-state index contributed by atoms with van der Waals surface area (Å²) in [6.07, 6.45) is 4.00. The van der Waals surface area contributed by atoms with Gasteiger partial charge >= 0.3 is 0 Å². The Morgan fingerprint density at radius 1 is 1.20 bits per heavy atom. The Morgan fingerprint density at radius 3 is 2.56 bits per heavy atom. The number of benzene rings is 1. The zero-order chi connectivity index (χ0) is 17.7. The highest BCUT2D eigenvalue weighted by molar-refractivity contribution is 5.94. The van der Waals surface area contributed by atoms with Gasteiger partial charge in [-0.2, -0.15) is 0 Å². The van der Waals surface area contributed by atoms with Crippen molar-refractivity contribution in [1.82, 2.24) is 5.32 Å². The Labute approximate surface area is 148 Å². The molecule has 25 heavy (non-hydrogen) atoms. The van der Waals surface area contributed by atoms with Crippen LogP contribution in [0.25, 0.3) is 0 Å². The second-order valence-electron chi connectivity index (χ2n) is 6.95. The third-order valence-electron chi connectivity index (χ3n) is 5.35. The summed E-state index contributed by atoms with van der Waals surface area (Å²) in [6.45, 7) is 2.77. The zero-order valence-electron chi connectivity index (χ0n) is 14.6. The van der Waals surface area contributed by atoms with Gasteiger partial charge in [-0.05, 0) is 43.4 Å². The predicted octanol–water partition coefficient (Wildman–Crippen LogP) is 1.58. The lowest BCUT2D eigenvalue weighted by Gasteiger charge is -2.34. The Hall–Kier alpha value is -1.92. The van der Waals surface area contributed by atoms with Gasteiger partial charge in [0, 0.05) is 45.0 Å². The van der Waals surface area contributed by atoms with Gasteiger partial charge in [-0.25, -0.2) is 0 Å². The van der Waals surface area contributed by atoms with E-state index in [0.717, 1.165) is 30.6 Å². The number of nitrogens with zero attached hydrogens (tertiary/aromatic N) is 1. The summed E-state index contributed by atoms with van der Waals surface area (Å²) in [6, 6.07) is 7.85. The lowest BCUT2D eigenvalue weighted by Crippen LogP contribution is -2.48. The van der Waals surface area contributed by atoms with E-state index in [9.17, 15) is 9.59 Å². The van der Waals surface area contributed by atoms with Crippen molar-refractivity contribution < 1.29 is 14.3 Å². The molecule has 1 aromatic carbocycles. The fourth-order valence-electron chi connectivity index (χ4n) is 3.53. The maximum atomic E-state index is 12.6. The maximum absolute atomic E-state index is 12.6. The van der Waals surface area contributed by atoms with Crippen molar-refractivity contribution in [2.24, 2.45) is 11.1 Å². The number of rotatable bonds is 5. The Morgan fingerprint density at radius 2 is 1.92 bits per heavy atom. The SMILES string of the molecule is NCC1(C(=O)NCc2ccc(N3CCCCC3=O)cc2)CCOCC1. The molecule has 0 aromatic heterocycles. The van der Waals surface area contributed by atoms with E-state index in [1.165, 1.54) is 0 Å². The fourth-order valence-corrected chi connectivity index (χ4v) is 3.53. The van der Waals surface area contributed by atoms with Crippen LogP contribution in [0.1, 0.15) is 37.7 Å². The number of nitrogens with two attached hydrogens (primary N) is 1. The highest BCUT2D eigenvalue weighted by Gasteiger charge is 2.38. The molecule has 2 fully saturated rings. The van der Waals surface area contributed by atoms with Gasteiger partial charge in [-0.15, -0.1) is 0 Å². The number of amides is 2. The van der Waals surface area contributed by atoms with Crippen molar-refractivity contribution in [1.29, 1.82) is 0 Å². The number of ether oxygens (including phenoxy) is 1. The molecule has 2 aliphatic heterocycles. The van der Waals surface area contributed by atoms with Gasteiger partial charge in [0.25, 0.3) is 0 Å². The van der Waals surface area contributed by atoms with E-state index in [-0.39, 0.29) is 11.8 Å². The van der Waals surface area contributed by atoms with Crippen LogP contribution in [-0.2, 0) is 20.9 Å². The van der Waals surface area contributed by atoms with Gasteiger partial charge in [-0.3, -0.25) is 9.59 Å². The molecule has 0 atom stereocenters. The van der Waals surface area contributed by atoms with Crippen LogP contribution in [0.2, 0.25) is 0 Å². The minimum atomic E-state index is -0.502. The van der Waals surface area contributed by atoms with Crippen LogP contribution in [-0.4, -0.2) is 38.1 Å². The molecule has 3 rings (SSSR count). The number of nitrogens with one attached hydrogen (secondary N) is 1. The van der Waals surface area contributed by atoms with Gasteiger partial charge < -0.3 is 20.7 Å². The fraction of sp³-hybridized carbons (Fsp3) is 0.579. The summed E-state index contributed by atoms with van der Waals surface area (Å²) in [5.41, 5.74) is 7.32. The van der Waals surface area contributed by atoms with E-state index in [2.05, 4.69) is 5.32 Å². The monoisotopic (exact) mass is 345 g/mol. The van der Waals surface area contributed by atoms with Crippen LogP contribution in [0, 0.1) is 5.41 Å². The minimum Gasteiger partial charge on any atom is -0.381 e. The number of carbonyl (C=O) groups excluding carboxylic acids is 2. The van der Waals surface area contributed by atoms with Crippen LogP contribution in [0.15, 0.2) is 24.3 Å². The number of hydrogen-bond acceptors (Lipinski definition) is 4. The molecule has 6 heteroatoms. The molecule has 0 aliphatic carbocycles. The number of piperidine rings is 1. The van der Waals surface area contributed by atoms with Crippen LogP contribution in [0.4, 0.5) is 5.69 Å². The van der Waals surface area contributed by atoms with Gasteiger partial charge in [0.05, 0.1) is 5.41 Å². The van der Waals surface area contributed by atoms with Gasteiger partial charge in [0.1, 0.15) is 0 Å². The van der Waals surface area contributed by atoms with E-state index in [4.69, 9.17) is 10.5 Å². The van der Waals surface area contributed by atoms with E-state index >= 15 is 0 Å². The van der Waals surface area contributed by atoms with Crippen molar-refractivity contribution >= 4 is 17.5 Å². The van der Waals surface area contributed by atoms with E-state index in [1.54, 1.807) is 0 Å². The van der Waals surface area contributed by atoms with Crippen LogP contribution >= 0.6 is 0 Å². The Balaban J connectivity index is 1.58. The lowest BCUT2D eigenvalue weighted by molar-refractivity contribution is -0.136. The largest absolute Gasteiger partial charge is 0.381 e. The molecule has 0 bridgehead atoms. The van der Waals surface area contributed by atoms with Crippen molar-refractivity contribution in [2.45, 2.75) is 38.6 Å². The summed E-state index contributed by atoms with van der Waals surface area (Å²) >= 11 is 0. The summed E-state index contributed by atoms with van der Waals surface area (Å²) in [5, 5.41) is 3.01. The first-order valence-electron chi connectivity index (χ1n) is 9.10. The molecule has 3 N–H and O–H groups in total. The molecule has 0 unspecified atom stereocenters. The first-order chi connectivity index (χ1) is 12.1. The molecule has 1 aromatic rings. The Bertz CT molecular complexity index is 609. The Kier molecular flexibility index (Phi) is 5.71. The molecule has 0 spiro atoms. The number of anilines is 1. The predicted molar refractivity (Wildman–Crippen MR) is 96.0 cm³/mol. The molecule has 2 aliphatic rings. The first kappa shape index (κ1) is 17.9. The van der Waals surface area contributed by atoms with Crippen molar-refractivity contribution in [3.05, 3.63) is 29.8 Å². The normalized spacial score (nSPS) is 20.4. The van der Waals surface area contributed by atoms with E-state index < -0.39 is 5.41 Å². The summed E-state index contributed by atoms with van der Waals surface area (Å²) in [7, 11) is 0. The van der Waals surface area contributed by atoms with Crippen LogP contribution < -0.4 is 16.0 Å². The highest BCUT2D eigenvalue weighted by atomic mass is 16.5. The van der Waals surface area contributed by atoms with Crippen molar-refractivity contribution in [2.75, 3.05) is 31.2 Å². The summed E-state index contributed by atoms with van der Waals surface area (Å²) in [5.74, 6) is 0.199. The van der Waals surface area contributed by atoms with Gasteiger partial charge in [0.15, 0.2) is 0 Å². The molecule has 6 nitrogen and oxygen atoms in total. The summed E-state index contributed by atoms with van der Waals surface area (Å²) in [4.78, 5) is 26.4. The number of carbonyl (C=O) groups is 2. The van der Waals surface area contributed by atoms with E-state index in [0.29, 0.717) is 45.6 Å². The standard InChI is InChI=1S/C19H27N3O3/c20-14-19(8-11-25-12-9-19)18(24)21-13-15-4-6-16(7-5-15)22-10-2-1-3-17(22)23/h4-7H,1-3,8-14,20H2,(H,21,24). The molecule has 0 radical (unpaired) electrons. The van der Waals surface area contributed by atoms with Crippen LogP contribution in [0.3, 0.4) is 0 Å². The lowest BCUT2D eigenvalue weighted by atomic mass is 9.79. The highest BCUT2D eigenvalue weighted by Crippen LogP contribution is 2.29. The minimum absolute atomic E-state index is 0.00795. The number of hydrogen-bond donors (Lipinski definition) is 2. The smallest absolute Gasteiger partial charge is 0.227 e. The topological polar surface area (TPSA) is 84.7 Å². The van der Waals surface area contributed by atoms with Gasteiger partial charge in [0.2, 0.25) is 11.8 Å². The molecule has 2 heterocycles. The van der Waals surface area contributed by atoms with Gasteiger partial charge in [-0.1, -0.05) is 12.1 Å². The van der Waals surface area contributed by atoms with Crippen LogP contribution in [0.5, 0.6) is 0 Å². The maximum Gasteiger partial charge on any atom is 0.227 e. The zero-order valence-corrected chi connectivity index (χ0v) is 14.6. The molecular formula is C19H27N3O3. The second-order valence-corrected chi connectivity index (χ2v) is 6.95. The third kappa shape index (κ3) is 4.02. The van der Waals surface area contributed by atoms with Crippen molar-refractivity contribution in [3.8, 4) is 0 Å². The quantitative estimate of drug-likeness (QED) is 0.848. The average Bonchev–Trinajstić information content (AvgIpc) is 2.67. The first-order valence-corrected chi connectivity index (χ1v) is 9.10.